The van der Waals surface area contributed by atoms with Crippen molar-refractivity contribution < 1.29 is 14.3 Å². The molecule has 1 aliphatic carbocycles. The molecule has 4 heteroatoms. The number of unbranched alkanes of at least 4 members (excludes halogenated alkanes) is 1. The van der Waals surface area contributed by atoms with Gasteiger partial charge in [-0.15, -0.1) is 0 Å². The average Bonchev–Trinajstić information content (AvgIpc) is 2.39. The fourth-order valence-electron chi connectivity index (χ4n) is 2.96. The molecule has 0 amide bonds. The summed E-state index contributed by atoms with van der Waals surface area (Å²) >= 11 is 0. The molecule has 0 spiro atoms. The van der Waals surface area contributed by atoms with Crippen LogP contribution in [0.2, 0.25) is 0 Å². The summed E-state index contributed by atoms with van der Waals surface area (Å²) < 4.78 is 11.2. The molecule has 1 N–H and O–H groups in total. The first-order valence-corrected chi connectivity index (χ1v) is 8.10. The zero-order chi connectivity index (χ0) is 15.0. The molecule has 0 radical (unpaired) electrons. The summed E-state index contributed by atoms with van der Waals surface area (Å²) in [5.74, 6) is -0.113. The molecule has 0 aromatic carbocycles. The topological polar surface area (TPSA) is 47.6 Å². The number of rotatable bonds is 8. The number of esters is 1. The Morgan fingerprint density at radius 3 is 2.75 bits per heavy atom. The quantitative estimate of drug-likeness (QED) is 0.550. The molecule has 1 rings (SSSR count). The Labute approximate surface area is 123 Å². The van der Waals surface area contributed by atoms with Crippen molar-refractivity contribution in [2.24, 2.45) is 0 Å². The van der Waals surface area contributed by atoms with Crippen molar-refractivity contribution in [1.29, 1.82) is 0 Å². The second-order valence-corrected chi connectivity index (χ2v) is 6.04. The van der Waals surface area contributed by atoms with Gasteiger partial charge in [-0.3, -0.25) is 10.1 Å². The van der Waals surface area contributed by atoms with Gasteiger partial charge in [0.05, 0.1) is 12.7 Å². The maximum Gasteiger partial charge on any atom is 0.326 e. The van der Waals surface area contributed by atoms with Gasteiger partial charge in [-0.05, 0) is 46.5 Å². The van der Waals surface area contributed by atoms with Crippen LogP contribution in [0.5, 0.6) is 0 Å². The third-order valence-corrected chi connectivity index (χ3v) is 3.79. The molecule has 0 bridgehead atoms. The second kappa shape index (κ2) is 8.63. The van der Waals surface area contributed by atoms with E-state index in [0.29, 0.717) is 6.61 Å². The van der Waals surface area contributed by atoms with Gasteiger partial charge in [-0.2, -0.15) is 0 Å². The minimum atomic E-state index is -0.556. The Hall–Kier alpha value is -0.610. The summed E-state index contributed by atoms with van der Waals surface area (Å²) in [7, 11) is 0. The van der Waals surface area contributed by atoms with E-state index in [9.17, 15) is 4.79 Å². The van der Waals surface area contributed by atoms with Gasteiger partial charge in [-0.25, -0.2) is 0 Å². The Bertz CT molecular complexity index is 293. The lowest BCUT2D eigenvalue weighted by Gasteiger charge is -2.40. The van der Waals surface area contributed by atoms with Crippen molar-refractivity contribution in [1.82, 2.24) is 5.32 Å². The third kappa shape index (κ3) is 5.06. The average molecular weight is 285 g/mol. The van der Waals surface area contributed by atoms with E-state index < -0.39 is 5.54 Å². The van der Waals surface area contributed by atoms with Crippen molar-refractivity contribution >= 4 is 5.97 Å². The van der Waals surface area contributed by atoms with Gasteiger partial charge in [-0.1, -0.05) is 13.3 Å². The van der Waals surface area contributed by atoms with Crippen LogP contribution in [-0.4, -0.2) is 36.9 Å². The van der Waals surface area contributed by atoms with Crippen LogP contribution in [0.3, 0.4) is 0 Å². The van der Waals surface area contributed by atoms with E-state index in [0.717, 1.165) is 45.1 Å². The maximum atomic E-state index is 12.4. The van der Waals surface area contributed by atoms with Gasteiger partial charge in [0.2, 0.25) is 0 Å². The number of nitrogens with one attached hydrogen (secondary N) is 1. The Balaban J connectivity index is 2.68. The Morgan fingerprint density at radius 1 is 1.40 bits per heavy atom. The smallest absolute Gasteiger partial charge is 0.326 e. The minimum absolute atomic E-state index is 0.113. The van der Waals surface area contributed by atoms with Gasteiger partial charge >= 0.3 is 5.97 Å². The van der Waals surface area contributed by atoms with Crippen LogP contribution in [0, 0.1) is 0 Å². The van der Waals surface area contributed by atoms with Crippen LogP contribution in [0.25, 0.3) is 0 Å². The fourth-order valence-corrected chi connectivity index (χ4v) is 2.96. The molecule has 20 heavy (non-hydrogen) atoms. The predicted molar refractivity (Wildman–Crippen MR) is 80.8 cm³/mol. The fraction of sp³-hybridized carbons (Fsp3) is 0.938. The van der Waals surface area contributed by atoms with Gasteiger partial charge in [0.15, 0.2) is 0 Å². The lowest BCUT2D eigenvalue weighted by atomic mass is 9.79. The van der Waals surface area contributed by atoms with E-state index in [1.165, 1.54) is 0 Å². The highest BCUT2D eigenvalue weighted by atomic mass is 16.5. The molecule has 0 saturated heterocycles. The maximum absolute atomic E-state index is 12.4. The third-order valence-electron chi connectivity index (χ3n) is 3.79. The molecule has 1 fully saturated rings. The zero-order valence-corrected chi connectivity index (χ0v) is 13.5. The lowest BCUT2D eigenvalue weighted by molar-refractivity contribution is -0.156. The van der Waals surface area contributed by atoms with Crippen LogP contribution < -0.4 is 5.32 Å². The molecule has 1 aliphatic rings. The van der Waals surface area contributed by atoms with Crippen molar-refractivity contribution in [3.63, 3.8) is 0 Å². The first-order valence-electron chi connectivity index (χ1n) is 8.10. The van der Waals surface area contributed by atoms with Crippen molar-refractivity contribution in [2.45, 2.75) is 83.9 Å². The van der Waals surface area contributed by atoms with Crippen LogP contribution in [0.15, 0.2) is 0 Å². The highest BCUT2D eigenvalue weighted by Crippen LogP contribution is 2.32. The van der Waals surface area contributed by atoms with E-state index >= 15 is 0 Å². The molecular weight excluding hydrogens is 254 g/mol. The molecule has 2 unspecified atom stereocenters. The van der Waals surface area contributed by atoms with E-state index in [1.54, 1.807) is 0 Å². The normalized spacial score (nSPS) is 26.8. The number of carbonyl (C=O) groups is 1. The SMILES string of the molecule is CCCCOC1CCCC(NC(C)C)(C(=O)OCC)C1. The number of ether oxygens (including phenoxy) is 2. The van der Waals surface area contributed by atoms with Crippen molar-refractivity contribution in [2.75, 3.05) is 13.2 Å². The summed E-state index contributed by atoms with van der Waals surface area (Å²) in [4.78, 5) is 12.4. The van der Waals surface area contributed by atoms with Gasteiger partial charge in [0.1, 0.15) is 5.54 Å². The van der Waals surface area contributed by atoms with Gasteiger partial charge < -0.3 is 9.47 Å². The molecular formula is C16H31NO3. The van der Waals surface area contributed by atoms with Crippen molar-refractivity contribution in [3.8, 4) is 0 Å². The highest BCUT2D eigenvalue weighted by Gasteiger charge is 2.44. The first-order chi connectivity index (χ1) is 9.54. The van der Waals surface area contributed by atoms with Crippen LogP contribution >= 0.6 is 0 Å². The molecule has 118 valence electrons. The Kier molecular flexibility index (Phi) is 7.52. The summed E-state index contributed by atoms with van der Waals surface area (Å²) in [6.45, 7) is 9.39. The summed E-state index contributed by atoms with van der Waals surface area (Å²) in [6.07, 6.45) is 6.03. The summed E-state index contributed by atoms with van der Waals surface area (Å²) in [5, 5.41) is 3.45. The highest BCUT2D eigenvalue weighted by molar-refractivity contribution is 5.81. The second-order valence-electron chi connectivity index (χ2n) is 6.04. The summed E-state index contributed by atoms with van der Waals surface area (Å²) in [5.41, 5.74) is -0.556. The summed E-state index contributed by atoms with van der Waals surface area (Å²) in [6, 6.07) is 0.258. The first kappa shape index (κ1) is 17.4. The molecule has 0 aliphatic heterocycles. The largest absolute Gasteiger partial charge is 0.465 e. The minimum Gasteiger partial charge on any atom is -0.465 e. The van der Waals surface area contributed by atoms with Crippen LogP contribution in [0.1, 0.15) is 66.2 Å². The van der Waals surface area contributed by atoms with E-state index in [1.807, 2.05) is 6.92 Å². The molecule has 4 nitrogen and oxygen atoms in total. The number of carbonyl (C=O) groups excluding carboxylic acids is 1. The molecule has 0 aromatic heterocycles. The van der Waals surface area contributed by atoms with Gasteiger partial charge in [0, 0.05) is 19.1 Å². The van der Waals surface area contributed by atoms with Crippen LogP contribution in [0.4, 0.5) is 0 Å². The van der Waals surface area contributed by atoms with E-state index in [-0.39, 0.29) is 18.1 Å². The van der Waals surface area contributed by atoms with Gasteiger partial charge in [0.25, 0.3) is 0 Å². The lowest BCUT2D eigenvalue weighted by Crippen LogP contribution is -2.59. The molecule has 0 heterocycles. The standard InChI is InChI=1S/C16H31NO3/c1-5-7-11-20-14-9-8-10-16(12-14,17-13(3)4)15(18)19-6-2/h13-14,17H,5-12H2,1-4H3. The predicted octanol–water partition coefficient (Wildman–Crippen LogP) is 3.05. The number of hydrogen-bond acceptors (Lipinski definition) is 4. The molecule has 2 atom stereocenters. The van der Waals surface area contributed by atoms with E-state index in [2.05, 4.69) is 26.1 Å². The van der Waals surface area contributed by atoms with Crippen LogP contribution in [-0.2, 0) is 14.3 Å². The zero-order valence-electron chi connectivity index (χ0n) is 13.5. The molecule has 0 aromatic rings. The van der Waals surface area contributed by atoms with Crippen molar-refractivity contribution in [3.05, 3.63) is 0 Å². The molecule has 1 saturated carbocycles. The Morgan fingerprint density at radius 2 is 2.15 bits per heavy atom. The number of hydrogen-bond donors (Lipinski definition) is 1. The monoisotopic (exact) mass is 285 g/mol. The van der Waals surface area contributed by atoms with E-state index in [4.69, 9.17) is 9.47 Å².